The Labute approximate surface area is 124 Å². The van der Waals surface area contributed by atoms with Gasteiger partial charge in [-0.15, -0.1) is 0 Å². The molecule has 2 rings (SSSR count). The van der Waals surface area contributed by atoms with Gasteiger partial charge in [0.15, 0.2) is 11.5 Å². The van der Waals surface area contributed by atoms with Crippen molar-refractivity contribution in [3.63, 3.8) is 0 Å². The minimum absolute atomic E-state index is 0.609. The summed E-state index contributed by atoms with van der Waals surface area (Å²) < 4.78 is 10.9. The van der Waals surface area contributed by atoms with Crippen LogP contribution in [0.5, 0.6) is 11.5 Å². The number of hydrogen-bond acceptors (Lipinski definition) is 4. The van der Waals surface area contributed by atoms with Crippen molar-refractivity contribution in [3.8, 4) is 11.5 Å². The van der Waals surface area contributed by atoms with Gasteiger partial charge in [0.1, 0.15) is 0 Å². The van der Waals surface area contributed by atoms with Crippen LogP contribution in [0.2, 0.25) is 0 Å². The second kappa shape index (κ2) is 7.22. The molecule has 106 valence electrons. The van der Waals surface area contributed by atoms with E-state index in [0.717, 1.165) is 27.7 Å². The van der Waals surface area contributed by atoms with Crippen molar-refractivity contribution in [1.29, 1.82) is 0 Å². The monoisotopic (exact) mass is 289 g/mol. The molecule has 2 aromatic rings. The third kappa shape index (κ3) is 3.26. The maximum Gasteiger partial charge on any atom is 0.174 e. The fourth-order valence-corrected chi connectivity index (χ4v) is 3.12. The first kappa shape index (κ1) is 14.8. The standard InChI is InChI=1S/C16H19NO2S/c1-18-14-9-8-12(10-11-17)16(15(14)19-2)20-13-6-4-3-5-7-13/h3-9H,10-11,17H2,1-2H3. The van der Waals surface area contributed by atoms with E-state index >= 15 is 0 Å². The van der Waals surface area contributed by atoms with Crippen LogP contribution in [-0.2, 0) is 6.42 Å². The number of nitrogens with two attached hydrogens (primary N) is 1. The summed E-state index contributed by atoms with van der Waals surface area (Å²) in [4.78, 5) is 2.24. The first-order chi connectivity index (χ1) is 9.80. The van der Waals surface area contributed by atoms with Gasteiger partial charge in [-0.3, -0.25) is 0 Å². The third-order valence-corrected chi connectivity index (χ3v) is 4.12. The Bertz CT molecular complexity index is 558. The van der Waals surface area contributed by atoms with Gasteiger partial charge >= 0.3 is 0 Å². The molecule has 0 aliphatic rings. The van der Waals surface area contributed by atoms with E-state index in [1.54, 1.807) is 26.0 Å². The highest BCUT2D eigenvalue weighted by Crippen LogP contribution is 2.43. The molecule has 0 bridgehead atoms. The molecule has 0 spiro atoms. The number of ether oxygens (including phenoxy) is 2. The highest BCUT2D eigenvalue weighted by atomic mass is 32.2. The summed E-state index contributed by atoms with van der Waals surface area (Å²) >= 11 is 1.67. The lowest BCUT2D eigenvalue weighted by Crippen LogP contribution is -2.05. The van der Waals surface area contributed by atoms with Crippen LogP contribution in [0.25, 0.3) is 0 Å². The van der Waals surface area contributed by atoms with Crippen LogP contribution in [0.1, 0.15) is 5.56 Å². The summed E-state index contributed by atoms with van der Waals surface area (Å²) in [6.45, 7) is 0.609. The maximum atomic E-state index is 5.70. The van der Waals surface area contributed by atoms with E-state index < -0.39 is 0 Å². The average molecular weight is 289 g/mol. The lowest BCUT2D eigenvalue weighted by molar-refractivity contribution is 0.347. The van der Waals surface area contributed by atoms with Crippen molar-refractivity contribution >= 4 is 11.8 Å². The first-order valence-electron chi connectivity index (χ1n) is 6.47. The molecular formula is C16H19NO2S. The molecule has 0 aromatic heterocycles. The van der Waals surface area contributed by atoms with E-state index in [-0.39, 0.29) is 0 Å². The van der Waals surface area contributed by atoms with Crippen molar-refractivity contribution in [2.45, 2.75) is 16.2 Å². The van der Waals surface area contributed by atoms with Gasteiger partial charge in [0.2, 0.25) is 0 Å². The lowest BCUT2D eigenvalue weighted by atomic mass is 10.1. The minimum atomic E-state index is 0.609. The summed E-state index contributed by atoms with van der Waals surface area (Å²) in [5.41, 5.74) is 6.88. The molecule has 2 aromatic carbocycles. The molecule has 0 amide bonds. The predicted octanol–water partition coefficient (Wildman–Crippen LogP) is 3.36. The number of methoxy groups -OCH3 is 2. The van der Waals surface area contributed by atoms with E-state index in [9.17, 15) is 0 Å². The molecule has 0 saturated carbocycles. The van der Waals surface area contributed by atoms with Gasteiger partial charge in [0.25, 0.3) is 0 Å². The predicted molar refractivity (Wildman–Crippen MR) is 82.9 cm³/mol. The smallest absolute Gasteiger partial charge is 0.174 e. The minimum Gasteiger partial charge on any atom is -0.493 e. The van der Waals surface area contributed by atoms with E-state index in [2.05, 4.69) is 18.2 Å². The van der Waals surface area contributed by atoms with Crippen LogP contribution in [0.3, 0.4) is 0 Å². The second-order valence-electron chi connectivity index (χ2n) is 4.24. The summed E-state index contributed by atoms with van der Waals surface area (Å²) in [6, 6.07) is 14.2. The molecule has 0 radical (unpaired) electrons. The van der Waals surface area contributed by atoms with Crippen LogP contribution < -0.4 is 15.2 Å². The van der Waals surface area contributed by atoms with Crippen LogP contribution in [0.4, 0.5) is 0 Å². The maximum absolute atomic E-state index is 5.70. The van der Waals surface area contributed by atoms with Crippen LogP contribution in [0, 0.1) is 0 Å². The van der Waals surface area contributed by atoms with Crippen LogP contribution >= 0.6 is 11.8 Å². The van der Waals surface area contributed by atoms with Gasteiger partial charge in [-0.05, 0) is 36.7 Å². The molecule has 0 fully saturated rings. The number of rotatable bonds is 6. The van der Waals surface area contributed by atoms with Gasteiger partial charge in [0.05, 0.1) is 19.1 Å². The van der Waals surface area contributed by atoms with Crippen molar-refractivity contribution in [1.82, 2.24) is 0 Å². The quantitative estimate of drug-likeness (QED) is 0.885. The zero-order chi connectivity index (χ0) is 14.4. The Balaban J connectivity index is 2.46. The van der Waals surface area contributed by atoms with Crippen molar-refractivity contribution in [2.75, 3.05) is 20.8 Å². The van der Waals surface area contributed by atoms with Gasteiger partial charge in [-0.1, -0.05) is 36.0 Å². The van der Waals surface area contributed by atoms with Crippen molar-refractivity contribution in [3.05, 3.63) is 48.0 Å². The molecular weight excluding hydrogens is 270 g/mol. The zero-order valence-corrected chi connectivity index (χ0v) is 12.6. The molecule has 0 atom stereocenters. The third-order valence-electron chi connectivity index (χ3n) is 2.96. The fraction of sp³-hybridized carbons (Fsp3) is 0.250. The van der Waals surface area contributed by atoms with Gasteiger partial charge in [0, 0.05) is 4.90 Å². The van der Waals surface area contributed by atoms with Crippen LogP contribution in [-0.4, -0.2) is 20.8 Å². The van der Waals surface area contributed by atoms with E-state index in [1.165, 1.54) is 5.56 Å². The Morgan fingerprint density at radius 3 is 2.35 bits per heavy atom. The summed E-state index contributed by atoms with van der Waals surface area (Å²) in [6.07, 6.45) is 0.815. The Kier molecular flexibility index (Phi) is 5.32. The SMILES string of the molecule is COc1ccc(CCN)c(Sc2ccccc2)c1OC. The molecule has 3 nitrogen and oxygen atoms in total. The Hall–Kier alpha value is -1.65. The topological polar surface area (TPSA) is 44.5 Å². The zero-order valence-electron chi connectivity index (χ0n) is 11.8. The van der Waals surface area contributed by atoms with E-state index in [1.807, 2.05) is 24.3 Å². The molecule has 0 aliphatic carbocycles. The summed E-state index contributed by atoms with van der Waals surface area (Å²) in [5, 5.41) is 0. The van der Waals surface area contributed by atoms with Gasteiger partial charge in [-0.25, -0.2) is 0 Å². The number of hydrogen-bond donors (Lipinski definition) is 1. The largest absolute Gasteiger partial charge is 0.493 e. The Morgan fingerprint density at radius 1 is 1.00 bits per heavy atom. The van der Waals surface area contributed by atoms with E-state index in [0.29, 0.717) is 6.54 Å². The Morgan fingerprint density at radius 2 is 1.75 bits per heavy atom. The number of benzene rings is 2. The normalized spacial score (nSPS) is 10.3. The second-order valence-corrected chi connectivity index (χ2v) is 5.33. The van der Waals surface area contributed by atoms with Crippen molar-refractivity contribution in [2.24, 2.45) is 5.73 Å². The highest BCUT2D eigenvalue weighted by molar-refractivity contribution is 7.99. The van der Waals surface area contributed by atoms with Gasteiger partial charge < -0.3 is 15.2 Å². The molecule has 0 heterocycles. The molecule has 2 N–H and O–H groups in total. The highest BCUT2D eigenvalue weighted by Gasteiger charge is 2.15. The average Bonchev–Trinajstić information content (AvgIpc) is 2.49. The molecule has 0 saturated heterocycles. The summed E-state index contributed by atoms with van der Waals surface area (Å²) in [5.74, 6) is 1.51. The molecule has 4 heteroatoms. The molecule has 0 unspecified atom stereocenters. The van der Waals surface area contributed by atoms with Gasteiger partial charge in [-0.2, -0.15) is 0 Å². The first-order valence-corrected chi connectivity index (χ1v) is 7.28. The summed E-state index contributed by atoms with van der Waals surface area (Å²) in [7, 11) is 3.32. The van der Waals surface area contributed by atoms with Crippen molar-refractivity contribution < 1.29 is 9.47 Å². The van der Waals surface area contributed by atoms with E-state index in [4.69, 9.17) is 15.2 Å². The molecule has 0 aliphatic heterocycles. The fourth-order valence-electron chi connectivity index (χ4n) is 2.01. The van der Waals surface area contributed by atoms with Crippen LogP contribution in [0.15, 0.2) is 52.3 Å². The lowest BCUT2D eigenvalue weighted by Gasteiger charge is -2.16. The molecule has 20 heavy (non-hydrogen) atoms.